The molecule has 6 nitrogen and oxygen atoms in total. The molecule has 0 saturated heterocycles. The smallest absolute Gasteiger partial charge is 0.336 e. The van der Waals surface area contributed by atoms with Crippen molar-refractivity contribution in [1.82, 2.24) is 20.7 Å². The van der Waals surface area contributed by atoms with Crippen LogP contribution >= 0.6 is 11.8 Å². The van der Waals surface area contributed by atoms with Crippen molar-refractivity contribution >= 4 is 34.5 Å². The molecule has 0 bridgehead atoms. The van der Waals surface area contributed by atoms with Crippen molar-refractivity contribution in [2.75, 3.05) is 23.5 Å². The second-order valence-electron chi connectivity index (χ2n) is 6.44. The number of nitrogens with zero attached hydrogens (tertiary/aromatic N) is 2. The van der Waals surface area contributed by atoms with Gasteiger partial charge < -0.3 is 5.32 Å². The Morgan fingerprint density at radius 1 is 1.07 bits per heavy atom. The van der Waals surface area contributed by atoms with Crippen LogP contribution in [0.3, 0.4) is 0 Å². The van der Waals surface area contributed by atoms with Gasteiger partial charge in [-0.05, 0) is 24.3 Å². The standard InChI is InChI=1S/C19H26F3N5OS/c1-2-3-4-5-8-12-29-13-11-23-18(28)27-26-16-14-9-6-7-10-15(14)24-17(25-16)19(20,21)22/h6-7,9-10H,2-5,8,11-13H2,1H3,(H2,23,27,28)(H,24,25,26). The quantitative estimate of drug-likeness (QED) is 0.347. The zero-order valence-electron chi connectivity index (χ0n) is 16.3. The fourth-order valence-electron chi connectivity index (χ4n) is 2.61. The number of halogens is 3. The van der Waals surface area contributed by atoms with Gasteiger partial charge in [-0.25, -0.2) is 14.8 Å². The lowest BCUT2D eigenvalue weighted by Gasteiger charge is -2.13. The lowest BCUT2D eigenvalue weighted by atomic mass is 10.2. The Balaban J connectivity index is 1.78. The van der Waals surface area contributed by atoms with E-state index in [9.17, 15) is 18.0 Å². The Hall–Kier alpha value is -2.23. The van der Waals surface area contributed by atoms with Crippen molar-refractivity contribution in [3.05, 3.63) is 30.1 Å². The molecule has 2 rings (SSSR count). The summed E-state index contributed by atoms with van der Waals surface area (Å²) in [5, 5.41) is 3.03. The Kier molecular flexibility index (Phi) is 9.30. The number of unbranched alkanes of at least 4 members (excludes halogenated alkanes) is 4. The largest absolute Gasteiger partial charge is 0.451 e. The summed E-state index contributed by atoms with van der Waals surface area (Å²) in [4.78, 5) is 18.9. The van der Waals surface area contributed by atoms with E-state index in [1.54, 1.807) is 30.0 Å². The van der Waals surface area contributed by atoms with Gasteiger partial charge in [0, 0.05) is 17.7 Å². The molecule has 0 atom stereocenters. The Morgan fingerprint density at radius 2 is 1.83 bits per heavy atom. The first-order chi connectivity index (χ1) is 13.9. The minimum atomic E-state index is -4.68. The molecular formula is C19H26F3N5OS. The highest BCUT2D eigenvalue weighted by molar-refractivity contribution is 7.99. The first-order valence-corrected chi connectivity index (χ1v) is 10.8. The van der Waals surface area contributed by atoms with Crippen molar-refractivity contribution in [3.63, 3.8) is 0 Å². The molecule has 0 fully saturated rings. The molecule has 0 aliphatic rings. The number of amides is 2. The number of alkyl halides is 3. The highest BCUT2D eigenvalue weighted by Crippen LogP contribution is 2.29. The van der Waals surface area contributed by atoms with Crippen LogP contribution in [0, 0.1) is 0 Å². The molecule has 1 heterocycles. The van der Waals surface area contributed by atoms with E-state index >= 15 is 0 Å². The van der Waals surface area contributed by atoms with Crippen LogP contribution in [0.4, 0.5) is 23.8 Å². The number of aromatic nitrogens is 2. The monoisotopic (exact) mass is 429 g/mol. The van der Waals surface area contributed by atoms with Crippen molar-refractivity contribution in [2.24, 2.45) is 0 Å². The van der Waals surface area contributed by atoms with Gasteiger partial charge in [-0.2, -0.15) is 24.9 Å². The van der Waals surface area contributed by atoms with Crippen LogP contribution < -0.4 is 16.2 Å². The summed E-state index contributed by atoms with van der Waals surface area (Å²) in [7, 11) is 0. The van der Waals surface area contributed by atoms with Crippen molar-refractivity contribution in [1.29, 1.82) is 0 Å². The number of anilines is 1. The zero-order chi connectivity index (χ0) is 21.1. The summed E-state index contributed by atoms with van der Waals surface area (Å²) >= 11 is 1.77. The van der Waals surface area contributed by atoms with Crippen LogP contribution in [0.15, 0.2) is 24.3 Å². The summed E-state index contributed by atoms with van der Waals surface area (Å²) in [6, 6.07) is 5.74. The number of benzene rings is 1. The average Bonchev–Trinajstić information content (AvgIpc) is 2.70. The first kappa shape index (κ1) is 23.1. The Bertz CT molecular complexity index is 788. The predicted octanol–water partition coefficient (Wildman–Crippen LogP) is 4.98. The lowest BCUT2D eigenvalue weighted by Crippen LogP contribution is -2.40. The van der Waals surface area contributed by atoms with Crippen LogP contribution in [0.2, 0.25) is 0 Å². The third kappa shape index (κ3) is 7.96. The second kappa shape index (κ2) is 11.7. The number of para-hydroxylation sites is 1. The third-order valence-electron chi connectivity index (χ3n) is 4.08. The van der Waals surface area contributed by atoms with E-state index in [-0.39, 0.29) is 11.3 Å². The molecule has 1 aromatic carbocycles. The first-order valence-electron chi connectivity index (χ1n) is 9.63. The minimum Gasteiger partial charge on any atom is -0.336 e. The zero-order valence-corrected chi connectivity index (χ0v) is 17.1. The maximum absolute atomic E-state index is 13.0. The molecule has 0 saturated carbocycles. The van der Waals surface area contributed by atoms with Gasteiger partial charge in [0.15, 0.2) is 5.82 Å². The van der Waals surface area contributed by atoms with Crippen LogP contribution in [-0.2, 0) is 6.18 Å². The number of rotatable bonds is 11. The number of fused-ring (bicyclic) bond motifs is 1. The van der Waals surface area contributed by atoms with E-state index in [2.05, 4.69) is 33.1 Å². The number of hydrogen-bond donors (Lipinski definition) is 3. The van der Waals surface area contributed by atoms with Crippen molar-refractivity contribution in [3.8, 4) is 0 Å². The van der Waals surface area contributed by atoms with Crippen molar-refractivity contribution in [2.45, 2.75) is 45.2 Å². The fourth-order valence-corrected chi connectivity index (χ4v) is 3.46. The minimum absolute atomic E-state index is 0.112. The van der Waals surface area contributed by atoms with Gasteiger partial charge in [0.2, 0.25) is 5.82 Å². The number of hydrogen-bond acceptors (Lipinski definition) is 5. The number of carbonyl (C=O) groups excluding carboxylic acids is 1. The second-order valence-corrected chi connectivity index (χ2v) is 7.67. The number of urea groups is 1. The molecule has 0 spiro atoms. The molecule has 1 aromatic heterocycles. The topological polar surface area (TPSA) is 78.9 Å². The van der Waals surface area contributed by atoms with Crippen LogP contribution in [0.25, 0.3) is 10.9 Å². The normalized spacial score (nSPS) is 11.4. The molecule has 0 radical (unpaired) electrons. The molecule has 0 unspecified atom stereocenters. The van der Waals surface area contributed by atoms with E-state index in [1.165, 1.54) is 38.2 Å². The summed E-state index contributed by atoms with van der Waals surface area (Å²) in [5.74, 6) is 0.449. The number of hydrazine groups is 1. The average molecular weight is 430 g/mol. The van der Waals surface area contributed by atoms with Crippen LogP contribution in [-0.4, -0.2) is 34.0 Å². The van der Waals surface area contributed by atoms with Gasteiger partial charge >= 0.3 is 12.2 Å². The molecule has 0 aliphatic carbocycles. The molecule has 160 valence electrons. The maximum atomic E-state index is 13.0. The number of thioether (sulfide) groups is 1. The summed E-state index contributed by atoms with van der Waals surface area (Å²) in [5.41, 5.74) is 4.92. The highest BCUT2D eigenvalue weighted by atomic mass is 32.2. The predicted molar refractivity (Wildman–Crippen MR) is 111 cm³/mol. The van der Waals surface area contributed by atoms with E-state index in [1.807, 2.05) is 0 Å². The number of nitrogens with one attached hydrogen (secondary N) is 3. The van der Waals surface area contributed by atoms with Crippen molar-refractivity contribution < 1.29 is 18.0 Å². The molecule has 10 heteroatoms. The van der Waals surface area contributed by atoms with E-state index in [0.29, 0.717) is 11.9 Å². The van der Waals surface area contributed by atoms with Gasteiger partial charge in [-0.3, -0.25) is 10.9 Å². The summed E-state index contributed by atoms with van der Waals surface area (Å²) < 4.78 is 39.0. The van der Waals surface area contributed by atoms with Crippen LogP contribution in [0.5, 0.6) is 0 Å². The molecule has 3 N–H and O–H groups in total. The van der Waals surface area contributed by atoms with Gasteiger partial charge in [-0.1, -0.05) is 44.7 Å². The molecule has 2 amide bonds. The van der Waals surface area contributed by atoms with Gasteiger partial charge in [0.05, 0.1) is 5.52 Å². The summed E-state index contributed by atoms with van der Waals surface area (Å²) in [6.45, 7) is 2.65. The van der Waals surface area contributed by atoms with E-state index in [4.69, 9.17) is 0 Å². The molecule has 29 heavy (non-hydrogen) atoms. The van der Waals surface area contributed by atoms with Gasteiger partial charge in [0.25, 0.3) is 0 Å². The Morgan fingerprint density at radius 3 is 2.59 bits per heavy atom. The molecule has 2 aromatic rings. The molecular weight excluding hydrogens is 403 g/mol. The van der Waals surface area contributed by atoms with E-state index < -0.39 is 18.0 Å². The van der Waals surface area contributed by atoms with Gasteiger partial charge in [0.1, 0.15) is 0 Å². The van der Waals surface area contributed by atoms with E-state index in [0.717, 1.165) is 11.5 Å². The SMILES string of the molecule is CCCCCCCSCCNC(=O)NNc1nc(C(F)(F)F)nc2ccccc12. The Labute approximate surface area is 172 Å². The third-order valence-corrected chi connectivity index (χ3v) is 5.15. The number of carbonyl (C=O) groups is 1. The fraction of sp³-hybridized carbons (Fsp3) is 0.526. The highest BCUT2D eigenvalue weighted by Gasteiger charge is 2.35. The van der Waals surface area contributed by atoms with Gasteiger partial charge in [-0.15, -0.1) is 0 Å². The maximum Gasteiger partial charge on any atom is 0.451 e. The lowest BCUT2D eigenvalue weighted by molar-refractivity contribution is -0.144. The molecule has 0 aliphatic heterocycles. The summed E-state index contributed by atoms with van der Waals surface area (Å²) in [6.07, 6.45) is 1.47. The van der Waals surface area contributed by atoms with Crippen LogP contribution in [0.1, 0.15) is 44.9 Å².